The molecule has 14 heavy (non-hydrogen) atoms. The average Bonchev–Trinajstić information content (AvgIpc) is 2.17. The minimum Gasteiger partial charge on any atom is -0.264 e. The van der Waals surface area contributed by atoms with E-state index in [0.717, 1.165) is 0 Å². The van der Waals surface area contributed by atoms with Crippen LogP contribution in [0.1, 0.15) is 30.9 Å². The molecule has 0 spiro atoms. The van der Waals surface area contributed by atoms with E-state index in [0.29, 0.717) is 5.92 Å². The molecule has 1 heterocycles. The molecule has 1 aromatic heterocycles. The second-order valence-electron chi connectivity index (χ2n) is 4.06. The first-order valence-electron chi connectivity index (χ1n) is 5.03. The molecule has 2 aromatic rings. The summed E-state index contributed by atoms with van der Waals surface area (Å²) in [5, 5.41) is 2.62. The molecule has 0 saturated heterocycles. The average molecular weight is 185 g/mol. The Morgan fingerprint density at radius 3 is 2.64 bits per heavy atom. The largest absolute Gasteiger partial charge is 0.264 e. The first-order valence-corrected chi connectivity index (χ1v) is 5.03. The number of aromatic nitrogens is 1. The number of nitrogens with zero attached hydrogens (tertiary/aromatic N) is 1. The van der Waals surface area contributed by atoms with Crippen LogP contribution in [0.4, 0.5) is 0 Å². The summed E-state index contributed by atoms with van der Waals surface area (Å²) < 4.78 is 0. The fraction of sp³-hybridized carbons (Fsp3) is 0.308. The van der Waals surface area contributed by atoms with Crippen molar-refractivity contribution in [3.63, 3.8) is 0 Å². The Morgan fingerprint density at radius 2 is 1.93 bits per heavy atom. The van der Waals surface area contributed by atoms with Gasteiger partial charge in [0.15, 0.2) is 0 Å². The first-order chi connectivity index (χ1) is 6.70. The van der Waals surface area contributed by atoms with E-state index < -0.39 is 0 Å². The van der Waals surface area contributed by atoms with E-state index in [2.05, 4.69) is 44.0 Å². The second-order valence-corrected chi connectivity index (χ2v) is 4.06. The summed E-state index contributed by atoms with van der Waals surface area (Å²) in [6, 6.07) is 6.44. The summed E-state index contributed by atoms with van der Waals surface area (Å²) >= 11 is 0. The normalized spacial score (nSPS) is 11.1. The number of pyridine rings is 1. The topological polar surface area (TPSA) is 12.9 Å². The van der Waals surface area contributed by atoms with Crippen molar-refractivity contribution in [2.24, 2.45) is 0 Å². The molecule has 0 aliphatic heterocycles. The van der Waals surface area contributed by atoms with Gasteiger partial charge in [-0.3, -0.25) is 4.98 Å². The monoisotopic (exact) mass is 185 g/mol. The minimum absolute atomic E-state index is 0.569. The van der Waals surface area contributed by atoms with Gasteiger partial charge in [0.2, 0.25) is 0 Å². The maximum absolute atomic E-state index is 4.21. The van der Waals surface area contributed by atoms with Crippen LogP contribution >= 0.6 is 0 Å². The van der Waals surface area contributed by atoms with Crippen LogP contribution in [0, 0.1) is 6.92 Å². The number of aryl methyl sites for hydroxylation is 1. The van der Waals surface area contributed by atoms with Gasteiger partial charge in [-0.15, -0.1) is 0 Å². The summed E-state index contributed by atoms with van der Waals surface area (Å²) in [4.78, 5) is 4.21. The van der Waals surface area contributed by atoms with Crippen molar-refractivity contribution in [3.05, 3.63) is 41.7 Å². The Hall–Kier alpha value is -1.37. The third-order valence-corrected chi connectivity index (χ3v) is 2.63. The zero-order valence-corrected chi connectivity index (χ0v) is 8.91. The van der Waals surface area contributed by atoms with E-state index in [1.807, 2.05) is 12.4 Å². The van der Waals surface area contributed by atoms with Gasteiger partial charge in [0.25, 0.3) is 0 Å². The zero-order valence-electron chi connectivity index (χ0n) is 8.91. The lowest BCUT2D eigenvalue weighted by molar-refractivity contribution is 0.875. The van der Waals surface area contributed by atoms with Gasteiger partial charge in [-0.25, -0.2) is 0 Å². The summed E-state index contributed by atoms with van der Waals surface area (Å²) in [6.45, 7) is 6.59. The minimum atomic E-state index is 0.569. The molecule has 1 heteroatoms. The van der Waals surface area contributed by atoms with Crippen molar-refractivity contribution in [2.75, 3.05) is 0 Å². The Labute approximate surface area is 84.8 Å². The molecule has 0 fully saturated rings. The van der Waals surface area contributed by atoms with Gasteiger partial charge in [-0.2, -0.15) is 0 Å². The number of rotatable bonds is 1. The maximum Gasteiger partial charge on any atom is 0.0346 e. The van der Waals surface area contributed by atoms with Crippen molar-refractivity contribution in [1.29, 1.82) is 0 Å². The summed E-state index contributed by atoms with van der Waals surface area (Å²) in [7, 11) is 0. The SMILES string of the molecule is Cc1cncc2cccc(C(C)C)c12. The second kappa shape index (κ2) is 3.41. The number of hydrogen-bond acceptors (Lipinski definition) is 1. The van der Waals surface area contributed by atoms with Crippen LogP contribution < -0.4 is 0 Å². The first kappa shape index (κ1) is 9.20. The Bertz CT molecular complexity index is 452. The molecule has 0 radical (unpaired) electrons. The summed E-state index contributed by atoms with van der Waals surface area (Å²) in [5.41, 5.74) is 2.69. The molecular formula is C13H15N. The van der Waals surface area contributed by atoms with Gasteiger partial charge in [-0.1, -0.05) is 32.0 Å². The third-order valence-electron chi connectivity index (χ3n) is 2.63. The third kappa shape index (κ3) is 1.39. The Balaban J connectivity index is 2.84. The highest BCUT2D eigenvalue weighted by Crippen LogP contribution is 2.26. The van der Waals surface area contributed by atoms with Gasteiger partial charge >= 0.3 is 0 Å². The van der Waals surface area contributed by atoms with Gasteiger partial charge in [-0.05, 0) is 29.4 Å². The van der Waals surface area contributed by atoms with Crippen LogP contribution in [0.15, 0.2) is 30.6 Å². The van der Waals surface area contributed by atoms with E-state index in [4.69, 9.17) is 0 Å². The van der Waals surface area contributed by atoms with Gasteiger partial charge in [0.1, 0.15) is 0 Å². The van der Waals surface area contributed by atoms with Crippen molar-refractivity contribution in [2.45, 2.75) is 26.7 Å². The fourth-order valence-electron chi connectivity index (χ4n) is 1.93. The van der Waals surface area contributed by atoms with Gasteiger partial charge in [0, 0.05) is 17.8 Å². The van der Waals surface area contributed by atoms with Crippen molar-refractivity contribution in [3.8, 4) is 0 Å². The molecule has 1 aromatic carbocycles. The van der Waals surface area contributed by atoms with Crippen molar-refractivity contribution >= 4 is 10.8 Å². The van der Waals surface area contributed by atoms with Crippen LogP contribution in [-0.4, -0.2) is 4.98 Å². The van der Waals surface area contributed by atoms with E-state index >= 15 is 0 Å². The Kier molecular flexibility index (Phi) is 2.24. The van der Waals surface area contributed by atoms with Crippen LogP contribution in [0.2, 0.25) is 0 Å². The quantitative estimate of drug-likeness (QED) is 0.660. The molecule has 0 N–H and O–H groups in total. The molecule has 1 nitrogen and oxygen atoms in total. The zero-order chi connectivity index (χ0) is 10.1. The lowest BCUT2D eigenvalue weighted by atomic mass is 9.95. The molecule has 2 rings (SSSR count). The molecular weight excluding hydrogens is 170 g/mol. The van der Waals surface area contributed by atoms with Crippen LogP contribution in [-0.2, 0) is 0 Å². The predicted octanol–water partition coefficient (Wildman–Crippen LogP) is 3.67. The molecule has 0 amide bonds. The molecule has 0 aliphatic rings. The highest BCUT2D eigenvalue weighted by atomic mass is 14.6. The van der Waals surface area contributed by atoms with Crippen molar-refractivity contribution in [1.82, 2.24) is 4.98 Å². The molecule has 0 aliphatic carbocycles. The molecule has 0 atom stereocenters. The fourth-order valence-corrected chi connectivity index (χ4v) is 1.93. The lowest BCUT2D eigenvalue weighted by Gasteiger charge is -2.11. The Morgan fingerprint density at radius 1 is 1.14 bits per heavy atom. The van der Waals surface area contributed by atoms with E-state index in [1.54, 1.807) is 0 Å². The van der Waals surface area contributed by atoms with Crippen LogP contribution in [0.3, 0.4) is 0 Å². The van der Waals surface area contributed by atoms with E-state index in [9.17, 15) is 0 Å². The van der Waals surface area contributed by atoms with Crippen LogP contribution in [0.5, 0.6) is 0 Å². The molecule has 72 valence electrons. The number of hydrogen-bond donors (Lipinski definition) is 0. The molecule has 0 unspecified atom stereocenters. The maximum atomic E-state index is 4.21. The molecule has 0 bridgehead atoms. The van der Waals surface area contributed by atoms with Gasteiger partial charge in [0.05, 0.1) is 0 Å². The van der Waals surface area contributed by atoms with Crippen molar-refractivity contribution < 1.29 is 0 Å². The smallest absolute Gasteiger partial charge is 0.0346 e. The summed E-state index contributed by atoms with van der Waals surface area (Å²) in [6.07, 6.45) is 3.88. The molecule has 0 saturated carbocycles. The lowest BCUT2D eigenvalue weighted by Crippen LogP contribution is -1.92. The van der Waals surface area contributed by atoms with Crippen LogP contribution in [0.25, 0.3) is 10.8 Å². The number of benzene rings is 1. The highest BCUT2D eigenvalue weighted by molar-refractivity contribution is 5.88. The summed E-state index contributed by atoms with van der Waals surface area (Å²) in [5.74, 6) is 0.569. The number of fused-ring (bicyclic) bond motifs is 1. The van der Waals surface area contributed by atoms with E-state index in [1.165, 1.54) is 21.9 Å². The standard InChI is InChI=1S/C13H15N/c1-9(2)12-6-4-5-11-8-14-7-10(3)13(11)12/h4-9H,1-3H3. The predicted molar refractivity (Wildman–Crippen MR) is 60.6 cm³/mol. The van der Waals surface area contributed by atoms with E-state index in [-0.39, 0.29) is 0 Å². The van der Waals surface area contributed by atoms with Gasteiger partial charge < -0.3 is 0 Å². The highest BCUT2D eigenvalue weighted by Gasteiger charge is 2.06.